The zero-order chi connectivity index (χ0) is 13.7. The number of piperidine rings is 1. The Balaban J connectivity index is 1.60. The zero-order valence-electron chi connectivity index (χ0n) is 12.8. The largest absolute Gasteiger partial charge is 0.383 e. The van der Waals surface area contributed by atoms with Crippen molar-refractivity contribution >= 4 is 0 Å². The fourth-order valence-electron chi connectivity index (χ4n) is 3.26. The van der Waals surface area contributed by atoms with Gasteiger partial charge in [-0.15, -0.1) is 0 Å². The van der Waals surface area contributed by atoms with E-state index in [9.17, 15) is 0 Å². The Hall–Kier alpha value is -0.160. The average molecular weight is 270 g/mol. The summed E-state index contributed by atoms with van der Waals surface area (Å²) >= 11 is 0. The van der Waals surface area contributed by atoms with Crippen molar-refractivity contribution in [2.75, 3.05) is 54.1 Å². The first kappa shape index (κ1) is 15.2. The van der Waals surface area contributed by atoms with E-state index in [1.54, 1.807) is 7.11 Å². The third-order valence-electron chi connectivity index (χ3n) is 4.89. The molecule has 2 aliphatic rings. The Morgan fingerprint density at radius 3 is 2.42 bits per heavy atom. The first-order valence-electron chi connectivity index (χ1n) is 7.67. The molecule has 0 amide bonds. The second-order valence-electron chi connectivity index (χ2n) is 6.20. The van der Waals surface area contributed by atoms with Gasteiger partial charge in [-0.2, -0.15) is 0 Å². The predicted molar refractivity (Wildman–Crippen MR) is 77.5 cm³/mol. The van der Waals surface area contributed by atoms with E-state index in [2.05, 4.69) is 16.8 Å². The van der Waals surface area contributed by atoms with Crippen LogP contribution >= 0.6 is 0 Å². The number of rotatable bonds is 7. The lowest BCUT2D eigenvalue weighted by Gasteiger charge is -2.42. The third kappa shape index (κ3) is 4.42. The highest BCUT2D eigenvalue weighted by Crippen LogP contribution is 2.28. The lowest BCUT2D eigenvalue weighted by Crippen LogP contribution is -2.48. The van der Waals surface area contributed by atoms with Crippen LogP contribution in [0.1, 0.15) is 25.7 Å². The highest BCUT2D eigenvalue weighted by atomic mass is 16.5. The molecule has 2 fully saturated rings. The predicted octanol–water partition coefficient (Wildman–Crippen LogP) is 1.45. The van der Waals surface area contributed by atoms with Crippen molar-refractivity contribution in [1.82, 2.24) is 9.80 Å². The Morgan fingerprint density at radius 2 is 1.84 bits per heavy atom. The molecule has 0 aromatic heterocycles. The fraction of sp³-hybridized carbons (Fsp3) is 1.00. The Kier molecular flexibility index (Phi) is 6.07. The van der Waals surface area contributed by atoms with E-state index in [1.165, 1.54) is 45.3 Å². The minimum absolute atomic E-state index is 0.517. The molecule has 0 aromatic carbocycles. The summed E-state index contributed by atoms with van der Waals surface area (Å²) in [6.07, 6.45) is 5.64. The molecule has 112 valence electrons. The van der Waals surface area contributed by atoms with E-state index in [1.807, 2.05) is 7.11 Å². The lowest BCUT2D eigenvalue weighted by atomic mass is 9.86. The van der Waals surface area contributed by atoms with Crippen molar-refractivity contribution in [3.05, 3.63) is 0 Å². The van der Waals surface area contributed by atoms with Crippen molar-refractivity contribution in [1.29, 1.82) is 0 Å². The van der Waals surface area contributed by atoms with Gasteiger partial charge in [-0.1, -0.05) is 0 Å². The second kappa shape index (κ2) is 7.58. The maximum absolute atomic E-state index is 5.36. The van der Waals surface area contributed by atoms with Crippen LogP contribution < -0.4 is 0 Å². The fourth-order valence-corrected chi connectivity index (χ4v) is 3.26. The van der Waals surface area contributed by atoms with Gasteiger partial charge in [0.05, 0.1) is 12.7 Å². The van der Waals surface area contributed by atoms with Gasteiger partial charge in [0.15, 0.2) is 0 Å². The minimum Gasteiger partial charge on any atom is -0.383 e. The molecule has 0 spiro atoms. The SMILES string of the molecule is COCCN1CCC(CN(C)C2CC(OC)C2)CC1. The van der Waals surface area contributed by atoms with Crippen molar-refractivity contribution in [2.45, 2.75) is 37.8 Å². The second-order valence-corrected chi connectivity index (χ2v) is 6.20. The van der Waals surface area contributed by atoms with E-state index < -0.39 is 0 Å². The van der Waals surface area contributed by atoms with Gasteiger partial charge in [0.25, 0.3) is 0 Å². The van der Waals surface area contributed by atoms with Gasteiger partial charge in [-0.25, -0.2) is 0 Å². The topological polar surface area (TPSA) is 24.9 Å². The molecule has 1 aliphatic heterocycles. The summed E-state index contributed by atoms with van der Waals surface area (Å²) in [6, 6.07) is 0.761. The van der Waals surface area contributed by atoms with E-state index in [4.69, 9.17) is 9.47 Å². The molecule has 4 nitrogen and oxygen atoms in total. The molecule has 0 radical (unpaired) electrons. The number of hydrogen-bond donors (Lipinski definition) is 0. The van der Waals surface area contributed by atoms with Gasteiger partial charge in [0.1, 0.15) is 0 Å². The minimum atomic E-state index is 0.517. The van der Waals surface area contributed by atoms with Gasteiger partial charge in [0, 0.05) is 33.4 Å². The van der Waals surface area contributed by atoms with Crippen LogP contribution in [0.15, 0.2) is 0 Å². The molecule has 0 aromatic rings. The van der Waals surface area contributed by atoms with Gasteiger partial charge in [0.2, 0.25) is 0 Å². The summed E-state index contributed by atoms with van der Waals surface area (Å²) in [5, 5.41) is 0. The van der Waals surface area contributed by atoms with Gasteiger partial charge in [-0.3, -0.25) is 0 Å². The summed E-state index contributed by atoms with van der Waals surface area (Å²) in [7, 11) is 5.90. The third-order valence-corrected chi connectivity index (χ3v) is 4.89. The molecule has 1 saturated heterocycles. The van der Waals surface area contributed by atoms with E-state index in [-0.39, 0.29) is 0 Å². The van der Waals surface area contributed by atoms with Crippen molar-refractivity contribution in [3.8, 4) is 0 Å². The van der Waals surface area contributed by atoms with Crippen LogP contribution in [-0.2, 0) is 9.47 Å². The standard InChI is InChI=1S/C15H30N2O2/c1-16(14-10-15(11-14)19-3)12-13-4-6-17(7-5-13)8-9-18-2/h13-15H,4-12H2,1-3H3. The molecule has 2 rings (SSSR count). The number of methoxy groups -OCH3 is 2. The van der Waals surface area contributed by atoms with Crippen molar-refractivity contribution in [3.63, 3.8) is 0 Å². The maximum Gasteiger partial charge on any atom is 0.0601 e. The molecular weight excluding hydrogens is 240 g/mol. The van der Waals surface area contributed by atoms with Gasteiger partial charge < -0.3 is 19.3 Å². The molecular formula is C15H30N2O2. The number of likely N-dealkylation sites (tertiary alicyclic amines) is 1. The smallest absolute Gasteiger partial charge is 0.0601 e. The monoisotopic (exact) mass is 270 g/mol. The molecule has 0 atom stereocenters. The molecule has 0 N–H and O–H groups in total. The van der Waals surface area contributed by atoms with E-state index in [0.717, 1.165) is 25.1 Å². The first-order valence-corrected chi connectivity index (χ1v) is 7.67. The van der Waals surface area contributed by atoms with Crippen molar-refractivity contribution < 1.29 is 9.47 Å². The Bertz CT molecular complexity index is 249. The highest BCUT2D eigenvalue weighted by Gasteiger charge is 2.33. The normalized spacial score (nSPS) is 29.7. The van der Waals surface area contributed by atoms with Gasteiger partial charge in [-0.05, 0) is 51.7 Å². The average Bonchev–Trinajstić information content (AvgIpc) is 2.37. The summed E-state index contributed by atoms with van der Waals surface area (Å²) in [6.45, 7) is 5.71. The molecule has 1 saturated carbocycles. The summed E-state index contributed by atoms with van der Waals surface area (Å²) < 4.78 is 10.5. The highest BCUT2D eigenvalue weighted by molar-refractivity contribution is 4.88. The van der Waals surface area contributed by atoms with Crippen molar-refractivity contribution in [2.24, 2.45) is 5.92 Å². The molecule has 0 unspecified atom stereocenters. The van der Waals surface area contributed by atoms with Crippen LogP contribution in [0.5, 0.6) is 0 Å². The Morgan fingerprint density at radius 1 is 1.16 bits per heavy atom. The first-order chi connectivity index (χ1) is 9.22. The Labute approximate surface area is 118 Å². The summed E-state index contributed by atoms with van der Waals surface area (Å²) in [4.78, 5) is 5.09. The van der Waals surface area contributed by atoms with Crippen LogP contribution in [0.3, 0.4) is 0 Å². The molecule has 19 heavy (non-hydrogen) atoms. The quantitative estimate of drug-likeness (QED) is 0.699. The molecule has 4 heteroatoms. The number of ether oxygens (including phenoxy) is 2. The van der Waals surface area contributed by atoms with Gasteiger partial charge >= 0.3 is 0 Å². The van der Waals surface area contributed by atoms with E-state index >= 15 is 0 Å². The van der Waals surface area contributed by atoms with Crippen LogP contribution in [-0.4, -0.2) is 76.0 Å². The molecule has 0 bridgehead atoms. The van der Waals surface area contributed by atoms with E-state index in [0.29, 0.717) is 6.10 Å². The molecule has 1 aliphatic carbocycles. The maximum atomic E-state index is 5.36. The van der Waals surface area contributed by atoms with Crippen LogP contribution in [0.2, 0.25) is 0 Å². The van der Waals surface area contributed by atoms with Crippen LogP contribution in [0.25, 0.3) is 0 Å². The molecule has 1 heterocycles. The van der Waals surface area contributed by atoms with Crippen LogP contribution in [0.4, 0.5) is 0 Å². The summed E-state index contributed by atoms with van der Waals surface area (Å²) in [5.74, 6) is 0.880. The zero-order valence-corrected chi connectivity index (χ0v) is 12.8. The number of hydrogen-bond acceptors (Lipinski definition) is 4. The summed E-state index contributed by atoms with van der Waals surface area (Å²) in [5.41, 5.74) is 0. The van der Waals surface area contributed by atoms with Crippen LogP contribution in [0, 0.1) is 5.92 Å². The number of nitrogens with zero attached hydrogens (tertiary/aromatic N) is 2. The lowest BCUT2D eigenvalue weighted by molar-refractivity contribution is -0.0255.